The molecule has 0 aromatic heterocycles. The predicted octanol–water partition coefficient (Wildman–Crippen LogP) is 3.34. The summed E-state index contributed by atoms with van der Waals surface area (Å²) in [6.07, 6.45) is 0.748. The molecule has 0 atom stereocenters. The third-order valence-electron chi connectivity index (χ3n) is 5.15. The van der Waals surface area contributed by atoms with Crippen molar-refractivity contribution in [1.29, 1.82) is 0 Å². The number of fused-ring (bicyclic) bond motifs is 1. The Labute approximate surface area is 195 Å². The van der Waals surface area contributed by atoms with Crippen molar-refractivity contribution in [2.24, 2.45) is 0 Å². The molecule has 1 aliphatic heterocycles. The number of anilines is 2. The van der Waals surface area contributed by atoms with Crippen LogP contribution in [0.5, 0.6) is 0 Å². The first kappa shape index (κ1) is 23.9. The number of ether oxygens (including phenoxy) is 1. The molecular formula is C22H23BrN2O6S. The van der Waals surface area contributed by atoms with Crippen molar-refractivity contribution in [3.8, 4) is 0 Å². The maximum Gasteiger partial charge on any atom is 0.337 e. The fraction of sp³-hybridized carbons (Fsp3) is 0.318. The van der Waals surface area contributed by atoms with Crippen LogP contribution in [0.25, 0.3) is 0 Å². The molecule has 0 radical (unpaired) electrons. The van der Waals surface area contributed by atoms with Crippen LogP contribution in [0.2, 0.25) is 0 Å². The molecule has 2 aromatic carbocycles. The summed E-state index contributed by atoms with van der Waals surface area (Å²) in [6, 6.07) is 9.32. The van der Waals surface area contributed by atoms with Crippen LogP contribution in [0.1, 0.15) is 35.7 Å². The maximum atomic E-state index is 12.9. The fourth-order valence-corrected chi connectivity index (χ4v) is 5.90. The summed E-state index contributed by atoms with van der Waals surface area (Å²) in [5.41, 5.74) is 2.29. The van der Waals surface area contributed by atoms with Crippen molar-refractivity contribution in [2.45, 2.75) is 31.1 Å². The van der Waals surface area contributed by atoms with Crippen LogP contribution in [-0.2, 0) is 30.6 Å². The lowest BCUT2D eigenvalue weighted by Crippen LogP contribution is -2.28. The zero-order valence-corrected chi connectivity index (χ0v) is 20.1. The molecule has 0 unspecified atom stereocenters. The van der Waals surface area contributed by atoms with E-state index < -0.39 is 27.5 Å². The maximum absolute atomic E-state index is 12.9. The normalized spacial score (nSPS) is 12.9. The number of halogens is 1. The molecule has 10 heteroatoms. The van der Waals surface area contributed by atoms with Gasteiger partial charge in [0, 0.05) is 35.2 Å². The molecule has 170 valence electrons. The van der Waals surface area contributed by atoms with Crippen LogP contribution < -0.4 is 10.2 Å². The monoisotopic (exact) mass is 522 g/mol. The first-order valence-corrected chi connectivity index (χ1v) is 12.4. The Morgan fingerprint density at radius 2 is 1.84 bits per heavy atom. The number of esters is 1. The van der Waals surface area contributed by atoms with Gasteiger partial charge in [0.15, 0.2) is 9.84 Å². The predicted molar refractivity (Wildman–Crippen MR) is 124 cm³/mol. The van der Waals surface area contributed by atoms with Crippen molar-refractivity contribution in [1.82, 2.24) is 0 Å². The number of hydrogen-bond donors (Lipinski definition) is 1. The molecule has 2 aromatic rings. The van der Waals surface area contributed by atoms with Crippen molar-refractivity contribution in [3.05, 3.63) is 52.0 Å². The van der Waals surface area contributed by atoms with E-state index in [1.54, 1.807) is 17.9 Å². The third-order valence-corrected chi connectivity index (χ3v) is 7.82. The van der Waals surface area contributed by atoms with Gasteiger partial charge in [0.25, 0.3) is 0 Å². The lowest BCUT2D eigenvalue weighted by molar-refractivity contribution is -0.118. The van der Waals surface area contributed by atoms with E-state index in [1.807, 2.05) is 0 Å². The quantitative estimate of drug-likeness (QED) is 0.558. The Bertz CT molecular complexity index is 1160. The largest absolute Gasteiger partial charge is 0.465 e. The second-order valence-electron chi connectivity index (χ2n) is 7.25. The van der Waals surface area contributed by atoms with Crippen molar-refractivity contribution in [3.63, 3.8) is 0 Å². The van der Waals surface area contributed by atoms with Crippen molar-refractivity contribution in [2.75, 3.05) is 29.6 Å². The molecule has 0 fully saturated rings. The van der Waals surface area contributed by atoms with Crippen LogP contribution in [0.4, 0.5) is 11.4 Å². The van der Waals surface area contributed by atoms with E-state index >= 15 is 0 Å². The number of hydrogen-bond acceptors (Lipinski definition) is 6. The molecule has 0 saturated carbocycles. The molecule has 32 heavy (non-hydrogen) atoms. The number of amides is 2. The number of nitrogens with one attached hydrogen (secondary N) is 1. The summed E-state index contributed by atoms with van der Waals surface area (Å²) < 4.78 is 30.9. The molecule has 3 rings (SSSR count). The van der Waals surface area contributed by atoms with Gasteiger partial charge in [-0.2, -0.15) is 0 Å². The third kappa shape index (κ3) is 5.18. The van der Waals surface area contributed by atoms with Crippen molar-refractivity contribution < 1.29 is 27.5 Å². The lowest BCUT2D eigenvalue weighted by Gasteiger charge is -2.18. The minimum absolute atomic E-state index is 0.0577. The van der Waals surface area contributed by atoms with Crippen molar-refractivity contribution >= 4 is 54.9 Å². The number of nitrogens with zero attached hydrogens (tertiary/aromatic N) is 1. The number of rotatable bonds is 7. The summed E-state index contributed by atoms with van der Waals surface area (Å²) >= 11 is 3.32. The number of sulfone groups is 1. The van der Waals surface area contributed by atoms with E-state index in [-0.39, 0.29) is 17.2 Å². The van der Waals surface area contributed by atoms with Gasteiger partial charge in [-0.25, -0.2) is 13.2 Å². The van der Waals surface area contributed by atoms with Gasteiger partial charge < -0.3 is 15.0 Å². The van der Waals surface area contributed by atoms with E-state index in [2.05, 4.69) is 26.0 Å². The lowest BCUT2D eigenvalue weighted by atomic mass is 10.2. The smallest absolute Gasteiger partial charge is 0.337 e. The second-order valence-corrected chi connectivity index (χ2v) is 10.2. The summed E-state index contributed by atoms with van der Waals surface area (Å²) in [7, 11) is -2.51. The molecule has 0 bridgehead atoms. The van der Waals surface area contributed by atoms with E-state index in [0.29, 0.717) is 40.8 Å². The van der Waals surface area contributed by atoms with E-state index in [4.69, 9.17) is 0 Å². The van der Waals surface area contributed by atoms with Gasteiger partial charge in [0.05, 0.1) is 23.3 Å². The highest BCUT2D eigenvalue weighted by molar-refractivity contribution is 9.10. The van der Waals surface area contributed by atoms with Gasteiger partial charge in [0.2, 0.25) is 11.8 Å². The minimum atomic E-state index is -3.78. The number of benzene rings is 2. The fourth-order valence-electron chi connectivity index (χ4n) is 3.44. The topological polar surface area (TPSA) is 110 Å². The van der Waals surface area contributed by atoms with Crippen LogP contribution in [0.15, 0.2) is 45.8 Å². The van der Waals surface area contributed by atoms with Crippen LogP contribution >= 0.6 is 15.9 Å². The number of carbonyl (C=O) groups is 3. The zero-order valence-electron chi connectivity index (χ0n) is 17.7. The molecule has 1 heterocycles. The summed E-state index contributed by atoms with van der Waals surface area (Å²) in [5.74, 6) is -1.42. The minimum Gasteiger partial charge on any atom is -0.465 e. The molecule has 0 aliphatic carbocycles. The number of methoxy groups -OCH3 is 1. The molecule has 0 spiro atoms. The van der Waals surface area contributed by atoms with Gasteiger partial charge in [0.1, 0.15) is 0 Å². The molecule has 8 nitrogen and oxygen atoms in total. The molecular weight excluding hydrogens is 500 g/mol. The Morgan fingerprint density at radius 1 is 1.16 bits per heavy atom. The highest BCUT2D eigenvalue weighted by Gasteiger charge is 2.28. The summed E-state index contributed by atoms with van der Waals surface area (Å²) in [5, 5.41) is 2.62. The van der Waals surface area contributed by atoms with E-state index in [0.717, 1.165) is 5.56 Å². The highest BCUT2D eigenvalue weighted by Crippen LogP contribution is 2.36. The van der Waals surface area contributed by atoms with Gasteiger partial charge in [-0.05, 0) is 64.3 Å². The summed E-state index contributed by atoms with van der Waals surface area (Å²) in [6.45, 7) is 2.29. The molecule has 0 saturated heterocycles. The van der Waals surface area contributed by atoms with Crippen LogP contribution in [0, 0.1) is 0 Å². The van der Waals surface area contributed by atoms with Gasteiger partial charge in [-0.1, -0.05) is 6.92 Å². The first-order valence-electron chi connectivity index (χ1n) is 10.00. The van der Waals surface area contributed by atoms with Crippen LogP contribution in [-0.4, -0.2) is 45.6 Å². The number of carbonyl (C=O) groups excluding carboxylic acids is 3. The molecule has 1 aliphatic rings. The average molecular weight is 523 g/mol. The molecule has 1 N–H and O–H groups in total. The summed E-state index contributed by atoms with van der Waals surface area (Å²) in [4.78, 5) is 37.6. The zero-order chi connectivity index (χ0) is 23.5. The van der Waals surface area contributed by atoms with Crippen LogP contribution in [0.3, 0.4) is 0 Å². The van der Waals surface area contributed by atoms with Gasteiger partial charge in [-0.3, -0.25) is 9.59 Å². The van der Waals surface area contributed by atoms with Gasteiger partial charge in [-0.15, -0.1) is 0 Å². The first-order chi connectivity index (χ1) is 15.2. The Balaban J connectivity index is 1.69. The standard InChI is InChI=1S/C22H23BrN2O6S/c1-3-21(27)25-10-8-15-12-17(23)19(13-18(15)25)32(29,30)11-9-20(26)24-16-6-4-14(5-7-16)22(28)31-2/h4-7,12-13H,3,8-11H2,1-2H3,(H,24,26). The van der Waals surface area contributed by atoms with Gasteiger partial charge >= 0.3 is 5.97 Å². The Kier molecular flexibility index (Phi) is 7.35. The SMILES string of the molecule is CCC(=O)N1CCc2cc(Br)c(S(=O)(=O)CCC(=O)Nc3ccc(C(=O)OC)cc3)cc21. The van der Waals surface area contributed by atoms with E-state index in [1.165, 1.54) is 37.4 Å². The van der Waals surface area contributed by atoms with E-state index in [9.17, 15) is 22.8 Å². The highest BCUT2D eigenvalue weighted by atomic mass is 79.9. The molecule has 2 amide bonds. The Hall–Kier alpha value is -2.72. The average Bonchev–Trinajstić information content (AvgIpc) is 3.19. The second kappa shape index (κ2) is 9.83. The Morgan fingerprint density at radius 3 is 2.47 bits per heavy atom.